The van der Waals surface area contributed by atoms with Crippen LogP contribution in [-0.2, 0) is 50.2 Å². The molecule has 11 N–H and O–H groups in total. The van der Waals surface area contributed by atoms with Gasteiger partial charge in [-0.15, -0.1) is 0 Å². The highest BCUT2D eigenvalue weighted by Gasteiger charge is 2.26. The standard InChI is InChI=1S/C23H49NO2.C14H22N2O4.C13H21NO2S.3C12H25NO2.C11H25NO2.C9H21NO4/c1-4-7-10-12-14-16-18-24(19-17-15-13-11-8-5-2)21-23(25)22-26-20-9-6-3;1-2-3-8-20-11-14(17)10-15-9-12-4-6-13(7-5-12)16(18)19;1-2-3-8-16-9-13(15)11-17-10-12-6-4-5-7-14-12;3*1-3-4-8-15-10-12(14)9-13-7-5-6-11(13)2;1-4-7-8-14-10-11(13)9-12(5-2)6-3;1-2-3-4-14-6-9(13)5-10(7-11)8-12/h23,25H,4-22H2,1-3H3;4-7,14-15,17H,2-3,8-11H2,1H3;4-7,13,15H,2-3,8-11H2,1H3;3*11-12,14H,3-10H2,1-2H3;11,13H,4-10H2,1-3H3;9,11-13H,2-8H2,1H3/t;;;2*11-,12?;;;/m...10.../s1. The quantitative estimate of drug-likeness (QED) is 0.0127. The van der Waals surface area contributed by atoms with E-state index in [1.807, 2.05) is 18.2 Å². The van der Waals surface area contributed by atoms with E-state index in [0.29, 0.717) is 96.4 Å². The molecule has 4 heterocycles. The highest BCUT2D eigenvalue weighted by molar-refractivity contribution is 7.98. The predicted octanol–water partition coefficient (Wildman–Crippen LogP) is 16.4. The van der Waals surface area contributed by atoms with Gasteiger partial charge in [-0.1, -0.05) is 217 Å². The second-order valence-electron chi connectivity index (χ2n) is 37.0. The lowest BCUT2D eigenvalue weighted by atomic mass is 10.1. The molecule has 30 heteroatoms. The van der Waals surface area contributed by atoms with Crippen molar-refractivity contribution in [1.82, 2.24) is 39.7 Å². The summed E-state index contributed by atoms with van der Waals surface area (Å²) in [5, 5.41) is 109. The summed E-state index contributed by atoms with van der Waals surface area (Å²) in [5.74, 6) is 1.54. The summed E-state index contributed by atoms with van der Waals surface area (Å²) < 4.78 is 43.0. The zero-order valence-corrected chi connectivity index (χ0v) is 90.1. The summed E-state index contributed by atoms with van der Waals surface area (Å²) >= 11 is 1.69. The van der Waals surface area contributed by atoms with Crippen LogP contribution in [0.3, 0.4) is 0 Å². The molecule has 1 aromatic carbocycles. The van der Waals surface area contributed by atoms with Gasteiger partial charge in [0, 0.05) is 153 Å². The smallest absolute Gasteiger partial charge is 0.269 e. The monoisotopic (exact) mass is 1960 g/mol. The molecule has 5 rings (SSSR count). The number of pyridine rings is 1. The summed E-state index contributed by atoms with van der Waals surface area (Å²) in [6.45, 7) is 54.0. The van der Waals surface area contributed by atoms with Crippen LogP contribution < -0.4 is 5.32 Å². The number of nitro benzene ring substituents is 1. The fourth-order valence-corrected chi connectivity index (χ4v) is 15.6. The maximum atomic E-state index is 10.5. The molecule has 9 unspecified atom stereocenters. The Kier molecular flexibility index (Phi) is 104. The number of aliphatic hydroxyl groups excluding tert-OH is 10. The maximum Gasteiger partial charge on any atom is 0.269 e. The maximum absolute atomic E-state index is 10.5. The molecular formula is C106H213N9O20S. The molecule has 3 saturated heterocycles. The van der Waals surface area contributed by atoms with Crippen molar-refractivity contribution in [3.05, 3.63) is 70.0 Å². The molecule has 29 nitrogen and oxygen atoms in total. The van der Waals surface area contributed by atoms with E-state index in [1.54, 1.807) is 30.1 Å². The van der Waals surface area contributed by atoms with E-state index in [0.717, 1.165) is 238 Å². The summed E-state index contributed by atoms with van der Waals surface area (Å²) in [5.41, 5.74) is 2.07. The molecule has 3 aliphatic heterocycles. The third-order valence-electron chi connectivity index (χ3n) is 23.5. The minimum atomic E-state index is -0.661. The molecule has 136 heavy (non-hydrogen) atoms. The summed E-state index contributed by atoms with van der Waals surface area (Å²) in [6.07, 6.45) is 39.7. The van der Waals surface area contributed by atoms with Gasteiger partial charge < -0.3 is 104 Å². The van der Waals surface area contributed by atoms with Crippen LogP contribution in [0.5, 0.6) is 0 Å². The zero-order chi connectivity index (χ0) is 101. The zero-order valence-electron chi connectivity index (χ0n) is 89.3. The van der Waals surface area contributed by atoms with E-state index >= 15 is 0 Å². The average Bonchev–Trinajstić information content (AvgIpc) is 1.75. The van der Waals surface area contributed by atoms with Gasteiger partial charge in [0.15, 0.2) is 0 Å². The van der Waals surface area contributed by atoms with E-state index in [9.17, 15) is 51.0 Å². The first-order chi connectivity index (χ1) is 65.9. The van der Waals surface area contributed by atoms with Gasteiger partial charge in [-0.05, 0) is 187 Å². The molecule has 0 amide bonds. The molecule has 0 radical (unpaired) electrons. The van der Waals surface area contributed by atoms with Crippen LogP contribution in [0.2, 0.25) is 0 Å². The lowest BCUT2D eigenvalue weighted by molar-refractivity contribution is -0.384. The molecule has 0 aliphatic carbocycles. The molecule has 11 atom stereocenters. The van der Waals surface area contributed by atoms with Crippen molar-refractivity contribution < 1.29 is 93.9 Å². The van der Waals surface area contributed by atoms with Gasteiger partial charge in [-0.3, -0.25) is 34.7 Å². The highest BCUT2D eigenvalue weighted by Crippen LogP contribution is 2.21. The van der Waals surface area contributed by atoms with Gasteiger partial charge in [-0.25, -0.2) is 0 Å². The van der Waals surface area contributed by atoms with Crippen LogP contribution >= 0.6 is 11.8 Å². The van der Waals surface area contributed by atoms with Crippen molar-refractivity contribution in [2.45, 2.75) is 401 Å². The number of nitrogens with one attached hydrogen (secondary N) is 1. The largest absolute Gasteiger partial charge is 0.390 e. The third-order valence-corrected chi connectivity index (χ3v) is 24.6. The molecule has 0 spiro atoms. The first-order valence-electron chi connectivity index (χ1n) is 54.0. The number of benzene rings is 1. The van der Waals surface area contributed by atoms with Crippen molar-refractivity contribution in [1.29, 1.82) is 0 Å². The third kappa shape index (κ3) is 89.9. The average molecular weight is 1970 g/mol. The SMILES string of the molecule is CCCCCCCCN(CCCCCCCC)CC(O)COCCCC.CCCCOCC(O)CN(CC)CC.CCCCOCC(O)CN(CO)CO.CCCCOCC(O)CN1CCCC1C.CCCCOCC(O)CN1CCC[C@@H]1C.CCCCOCC(O)CN1CCC[C@H]1C.CCCCOCC(O)CNCc1ccc([N+](=O)[O-])cc1.CCCCOCC(O)CSCc1ccccn1. The second kappa shape index (κ2) is 104. The first kappa shape index (κ1) is 137. The predicted molar refractivity (Wildman–Crippen MR) is 562 cm³/mol. The minimum absolute atomic E-state index is 0.0816. The number of unbranched alkanes of at least 4 members (excludes halogenated alkanes) is 18. The van der Waals surface area contributed by atoms with Crippen LogP contribution in [0.15, 0.2) is 48.7 Å². The van der Waals surface area contributed by atoms with Crippen molar-refractivity contribution in [3.8, 4) is 0 Å². The normalized spacial score (nSPS) is 16.8. The number of non-ortho nitro benzene ring substituents is 1. The Morgan fingerprint density at radius 2 is 0.706 bits per heavy atom. The molecule has 0 bridgehead atoms. The van der Waals surface area contributed by atoms with Gasteiger partial charge in [0.2, 0.25) is 0 Å². The lowest BCUT2D eigenvalue weighted by Gasteiger charge is -2.25. The van der Waals surface area contributed by atoms with E-state index in [4.69, 9.17) is 48.1 Å². The Bertz CT molecular complexity index is 2570. The number of hydrogen-bond donors (Lipinski definition) is 11. The van der Waals surface area contributed by atoms with Gasteiger partial charge in [0.1, 0.15) is 0 Å². The molecule has 2 aromatic rings. The Balaban J connectivity index is -0.00000150. The van der Waals surface area contributed by atoms with Crippen LogP contribution in [-0.4, -0.2) is 374 Å². The number of likely N-dealkylation sites (tertiary alicyclic amines) is 3. The molecule has 0 saturated carbocycles. The van der Waals surface area contributed by atoms with Gasteiger partial charge in [0.05, 0.1) is 126 Å². The molecule has 808 valence electrons. The van der Waals surface area contributed by atoms with Crippen molar-refractivity contribution in [2.24, 2.45) is 0 Å². The molecular weight excluding hydrogens is 1750 g/mol. The van der Waals surface area contributed by atoms with E-state index < -0.39 is 17.1 Å². The van der Waals surface area contributed by atoms with Crippen LogP contribution in [0, 0.1) is 10.1 Å². The molecule has 3 fully saturated rings. The summed E-state index contributed by atoms with van der Waals surface area (Å²) in [6, 6.07) is 14.1. The van der Waals surface area contributed by atoms with Gasteiger partial charge in [-0.2, -0.15) is 11.8 Å². The second-order valence-corrected chi connectivity index (χ2v) is 38.0. The number of rotatable bonds is 79. The topological polar surface area (TPSA) is 364 Å². The molecule has 3 aliphatic rings. The number of ether oxygens (including phenoxy) is 8. The van der Waals surface area contributed by atoms with Crippen LogP contribution in [0.1, 0.15) is 333 Å². The van der Waals surface area contributed by atoms with Crippen LogP contribution in [0.4, 0.5) is 5.69 Å². The van der Waals surface area contributed by atoms with Crippen molar-refractivity contribution >= 4 is 17.4 Å². The van der Waals surface area contributed by atoms with Crippen LogP contribution in [0.25, 0.3) is 0 Å². The van der Waals surface area contributed by atoms with E-state index in [-0.39, 0.29) is 68.9 Å². The summed E-state index contributed by atoms with van der Waals surface area (Å²) in [4.78, 5) is 27.4. The van der Waals surface area contributed by atoms with E-state index in [1.165, 1.54) is 133 Å². The Morgan fingerprint density at radius 3 is 1.01 bits per heavy atom. The lowest BCUT2D eigenvalue weighted by Crippen LogP contribution is -2.36. The minimum Gasteiger partial charge on any atom is -0.390 e. The number of β-amino-alcohol motifs (C(OH)–C–C–N with tert-alkyl or cyclic N) is 3. The Morgan fingerprint density at radius 1 is 0.397 bits per heavy atom. The van der Waals surface area contributed by atoms with E-state index in [2.05, 4.69) is 139 Å². The fourth-order valence-electron chi connectivity index (χ4n) is 14.7. The number of nitro groups is 1. The number of hydrogen-bond acceptors (Lipinski definition) is 29. The summed E-state index contributed by atoms with van der Waals surface area (Å²) in [7, 11) is 0. The fraction of sp³-hybridized carbons (Fsp3) is 0.896. The Labute approximate surface area is 834 Å². The number of aliphatic hydroxyl groups is 10. The first-order valence-corrected chi connectivity index (χ1v) is 55.1. The van der Waals surface area contributed by atoms with Crippen molar-refractivity contribution in [3.63, 3.8) is 0 Å². The van der Waals surface area contributed by atoms with Crippen molar-refractivity contribution in [2.75, 3.05) is 217 Å². The number of nitrogens with zero attached hydrogens (tertiary/aromatic N) is 8. The number of thioether (sulfide) groups is 1. The van der Waals surface area contributed by atoms with Gasteiger partial charge in [0.25, 0.3) is 5.69 Å². The Hall–Kier alpha value is -2.88. The highest BCUT2D eigenvalue weighted by atomic mass is 32.2. The van der Waals surface area contributed by atoms with Gasteiger partial charge >= 0.3 is 0 Å². The number of aromatic nitrogens is 1. The number of likely N-dealkylation sites (N-methyl/N-ethyl adjacent to an activating group) is 1. The molecule has 1 aromatic heterocycles.